The maximum atomic E-state index is 12.5. The third-order valence-electron chi connectivity index (χ3n) is 3.42. The molecule has 1 aliphatic heterocycles. The Labute approximate surface area is 111 Å². The minimum Gasteiger partial charge on any atom is -0.344 e. The van der Waals surface area contributed by atoms with Crippen LogP contribution in [0.15, 0.2) is 18.3 Å². The number of carbonyl (C=O) groups is 3. The largest absolute Gasteiger partial charge is 0.344 e. The van der Waals surface area contributed by atoms with Crippen LogP contribution in [0.4, 0.5) is 0 Å². The molecule has 6 heteroatoms. The van der Waals surface area contributed by atoms with Crippen LogP contribution in [0.1, 0.15) is 31.3 Å². The molecule has 0 aliphatic carbocycles. The first-order valence-electron chi connectivity index (χ1n) is 6.19. The summed E-state index contributed by atoms with van der Waals surface area (Å²) in [6.07, 6.45) is 1.80. The van der Waals surface area contributed by atoms with E-state index in [9.17, 15) is 14.4 Å². The van der Waals surface area contributed by atoms with Crippen LogP contribution in [-0.2, 0) is 16.1 Å². The van der Waals surface area contributed by atoms with Gasteiger partial charge in [0.15, 0.2) is 0 Å². The van der Waals surface area contributed by atoms with Crippen molar-refractivity contribution in [3.63, 3.8) is 0 Å². The number of amides is 3. The molecule has 0 spiro atoms. The fraction of sp³-hybridized carbons (Fsp3) is 0.462. The molecule has 0 atom stereocenters. The average Bonchev–Trinajstić information content (AvgIpc) is 2.81. The molecule has 1 saturated heterocycles. The van der Waals surface area contributed by atoms with Crippen LogP contribution in [-0.4, -0.2) is 39.3 Å². The number of piperazine rings is 1. The molecule has 6 nitrogen and oxygen atoms in total. The lowest BCUT2D eigenvalue weighted by Crippen LogP contribution is -2.65. The molecular formula is C13H17N3O3. The fourth-order valence-electron chi connectivity index (χ4n) is 2.13. The summed E-state index contributed by atoms with van der Waals surface area (Å²) in [5.41, 5.74) is -0.550. The number of aryl methyl sites for hydroxylation is 1. The molecular weight excluding hydrogens is 246 g/mol. The van der Waals surface area contributed by atoms with E-state index in [1.165, 1.54) is 4.90 Å². The molecule has 1 aromatic rings. The van der Waals surface area contributed by atoms with Crippen molar-refractivity contribution in [3.8, 4) is 0 Å². The van der Waals surface area contributed by atoms with Gasteiger partial charge in [-0.05, 0) is 32.9 Å². The van der Waals surface area contributed by atoms with Crippen LogP contribution in [0, 0.1) is 0 Å². The molecule has 1 fully saturated rings. The average molecular weight is 263 g/mol. The highest BCUT2D eigenvalue weighted by Crippen LogP contribution is 2.21. The van der Waals surface area contributed by atoms with E-state index in [0.29, 0.717) is 12.2 Å². The lowest BCUT2D eigenvalue weighted by Gasteiger charge is -2.40. The monoisotopic (exact) mass is 263 g/mol. The van der Waals surface area contributed by atoms with Crippen molar-refractivity contribution in [3.05, 3.63) is 24.0 Å². The summed E-state index contributed by atoms with van der Waals surface area (Å²) in [7, 11) is 0. The molecule has 0 radical (unpaired) electrons. The van der Waals surface area contributed by atoms with Crippen LogP contribution >= 0.6 is 0 Å². The van der Waals surface area contributed by atoms with Crippen molar-refractivity contribution in [2.24, 2.45) is 0 Å². The quantitative estimate of drug-likeness (QED) is 0.784. The van der Waals surface area contributed by atoms with Crippen molar-refractivity contribution >= 4 is 17.7 Å². The van der Waals surface area contributed by atoms with E-state index in [1.54, 1.807) is 36.7 Å². The van der Waals surface area contributed by atoms with Gasteiger partial charge in [0.05, 0.1) is 0 Å². The zero-order chi connectivity index (χ0) is 14.2. The normalized spacial score (nSPS) is 18.4. The number of carbonyl (C=O) groups excluding carboxylic acids is 3. The van der Waals surface area contributed by atoms with Gasteiger partial charge in [0.2, 0.25) is 5.91 Å². The van der Waals surface area contributed by atoms with Crippen LogP contribution in [0.5, 0.6) is 0 Å². The van der Waals surface area contributed by atoms with Crippen molar-refractivity contribution in [2.45, 2.75) is 32.9 Å². The third-order valence-corrected chi connectivity index (χ3v) is 3.42. The Morgan fingerprint density at radius 1 is 1.42 bits per heavy atom. The van der Waals surface area contributed by atoms with Gasteiger partial charge in [-0.2, -0.15) is 0 Å². The number of hydrogen-bond acceptors (Lipinski definition) is 3. The maximum absolute atomic E-state index is 12.5. The van der Waals surface area contributed by atoms with Gasteiger partial charge in [-0.1, -0.05) is 0 Å². The molecule has 3 amide bonds. The van der Waals surface area contributed by atoms with Gasteiger partial charge >= 0.3 is 0 Å². The lowest BCUT2D eigenvalue weighted by atomic mass is 9.98. The van der Waals surface area contributed by atoms with Gasteiger partial charge in [0, 0.05) is 12.7 Å². The summed E-state index contributed by atoms with van der Waals surface area (Å²) in [5, 5.41) is 2.25. The molecule has 1 aromatic heterocycles. The summed E-state index contributed by atoms with van der Waals surface area (Å²) >= 11 is 0. The zero-order valence-electron chi connectivity index (χ0n) is 11.3. The first kappa shape index (κ1) is 13.3. The Morgan fingerprint density at radius 2 is 2.11 bits per heavy atom. The van der Waals surface area contributed by atoms with Gasteiger partial charge in [0.1, 0.15) is 17.8 Å². The van der Waals surface area contributed by atoms with E-state index >= 15 is 0 Å². The second-order valence-electron chi connectivity index (χ2n) is 5.01. The Kier molecular flexibility index (Phi) is 3.18. The first-order chi connectivity index (χ1) is 8.87. The second-order valence-corrected chi connectivity index (χ2v) is 5.01. The Hall–Kier alpha value is -2.11. The number of hydrogen-bond donors (Lipinski definition) is 1. The molecule has 102 valence electrons. The van der Waals surface area contributed by atoms with Gasteiger partial charge in [0.25, 0.3) is 11.8 Å². The fourth-order valence-corrected chi connectivity index (χ4v) is 2.13. The van der Waals surface area contributed by atoms with Crippen LogP contribution in [0.2, 0.25) is 0 Å². The number of nitrogens with one attached hydrogen (secondary N) is 1. The maximum Gasteiger partial charge on any atom is 0.271 e. The molecule has 2 rings (SSSR count). The molecule has 1 N–H and O–H groups in total. The number of rotatable bonds is 2. The van der Waals surface area contributed by atoms with Crippen molar-refractivity contribution in [2.75, 3.05) is 6.54 Å². The molecule has 2 heterocycles. The van der Waals surface area contributed by atoms with E-state index in [-0.39, 0.29) is 12.5 Å². The smallest absolute Gasteiger partial charge is 0.271 e. The van der Waals surface area contributed by atoms with Crippen molar-refractivity contribution in [1.29, 1.82) is 0 Å². The molecule has 0 unspecified atom stereocenters. The zero-order valence-corrected chi connectivity index (χ0v) is 11.3. The highest BCUT2D eigenvalue weighted by atomic mass is 16.2. The predicted molar refractivity (Wildman–Crippen MR) is 68.4 cm³/mol. The van der Waals surface area contributed by atoms with Gasteiger partial charge in [-0.15, -0.1) is 0 Å². The molecule has 1 aliphatic rings. The summed E-state index contributed by atoms with van der Waals surface area (Å²) in [5.74, 6) is -1.21. The van der Waals surface area contributed by atoms with E-state index in [1.807, 2.05) is 6.92 Å². The first-order valence-corrected chi connectivity index (χ1v) is 6.19. The SMILES string of the molecule is CCn1cccc1C(=O)N1CC(=O)NC(=O)C1(C)C. The van der Waals surface area contributed by atoms with E-state index in [4.69, 9.17) is 0 Å². The lowest BCUT2D eigenvalue weighted by molar-refractivity contribution is -0.143. The van der Waals surface area contributed by atoms with Gasteiger partial charge in [-0.25, -0.2) is 0 Å². The topological polar surface area (TPSA) is 71.4 Å². The van der Waals surface area contributed by atoms with Gasteiger partial charge < -0.3 is 9.47 Å². The number of imide groups is 1. The standard InChI is InChI=1S/C13H17N3O3/c1-4-15-7-5-6-9(15)11(18)16-8-10(17)14-12(19)13(16,2)3/h5-7H,4,8H2,1-3H3,(H,14,17,19). The van der Waals surface area contributed by atoms with Crippen LogP contribution < -0.4 is 5.32 Å². The van der Waals surface area contributed by atoms with Crippen LogP contribution in [0.25, 0.3) is 0 Å². The second kappa shape index (κ2) is 4.53. The van der Waals surface area contributed by atoms with E-state index in [2.05, 4.69) is 5.32 Å². The Balaban J connectivity index is 2.36. The predicted octanol–water partition coefficient (Wildman–Crippen LogP) is 0.385. The third kappa shape index (κ3) is 2.14. The van der Waals surface area contributed by atoms with Gasteiger partial charge in [-0.3, -0.25) is 19.7 Å². The minimum atomic E-state index is -1.03. The Morgan fingerprint density at radius 3 is 2.74 bits per heavy atom. The van der Waals surface area contributed by atoms with Crippen molar-refractivity contribution < 1.29 is 14.4 Å². The molecule has 0 aromatic carbocycles. The van der Waals surface area contributed by atoms with Crippen LogP contribution in [0.3, 0.4) is 0 Å². The molecule has 0 saturated carbocycles. The summed E-state index contributed by atoms with van der Waals surface area (Å²) < 4.78 is 1.79. The molecule has 0 bridgehead atoms. The van der Waals surface area contributed by atoms with Crippen molar-refractivity contribution in [1.82, 2.24) is 14.8 Å². The van der Waals surface area contributed by atoms with E-state index in [0.717, 1.165) is 0 Å². The minimum absolute atomic E-state index is 0.105. The highest BCUT2D eigenvalue weighted by molar-refractivity contribution is 6.08. The highest BCUT2D eigenvalue weighted by Gasteiger charge is 2.44. The number of aromatic nitrogens is 1. The van der Waals surface area contributed by atoms with E-state index < -0.39 is 17.4 Å². The summed E-state index contributed by atoms with van der Waals surface area (Å²) in [6.45, 7) is 5.74. The molecule has 19 heavy (non-hydrogen) atoms. The summed E-state index contributed by atoms with van der Waals surface area (Å²) in [6, 6.07) is 3.47. The number of nitrogens with zero attached hydrogens (tertiary/aromatic N) is 2. The summed E-state index contributed by atoms with van der Waals surface area (Å²) in [4.78, 5) is 37.1. The Bertz CT molecular complexity index is 545.